The summed E-state index contributed by atoms with van der Waals surface area (Å²) in [5.41, 5.74) is 0.886. The van der Waals surface area contributed by atoms with Gasteiger partial charge in [-0.1, -0.05) is 18.2 Å². The van der Waals surface area contributed by atoms with Crippen molar-refractivity contribution >= 4 is 5.97 Å². The number of nitrogens with one attached hydrogen (secondary N) is 1. The highest BCUT2D eigenvalue weighted by Crippen LogP contribution is 2.37. The molecule has 0 spiro atoms. The molecule has 0 saturated carbocycles. The normalized spacial score (nSPS) is 12.0. The summed E-state index contributed by atoms with van der Waals surface area (Å²) in [6, 6.07) is 8.68. The van der Waals surface area contributed by atoms with Crippen LogP contribution in [-0.2, 0) is 9.53 Å². The third-order valence-corrected chi connectivity index (χ3v) is 3.87. The summed E-state index contributed by atoms with van der Waals surface area (Å²) in [4.78, 5) is 27.4. The zero-order valence-electron chi connectivity index (χ0n) is 15.5. The lowest BCUT2D eigenvalue weighted by Gasteiger charge is -2.22. The molecule has 1 aromatic carbocycles. The van der Waals surface area contributed by atoms with Gasteiger partial charge in [-0.15, -0.1) is 0 Å². The van der Waals surface area contributed by atoms with E-state index < -0.39 is 17.4 Å². The van der Waals surface area contributed by atoms with Crippen LogP contribution in [0.5, 0.6) is 11.5 Å². The summed E-state index contributed by atoms with van der Waals surface area (Å²) in [5.74, 6) is -0.722. The van der Waals surface area contributed by atoms with Gasteiger partial charge in [0.2, 0.25) is 0 Å². The quantitative estimate of drug-likeness (QED) is 0.741. The highest BCUT2D eigenvalue weighted by Gasteiger charge is 2.28. The predicted octanol–water partition coefficient (Wildman–Crippen LogP) is 3.26. The van der Waals surface area contributed by atoms with E-state index in [2.05, 4.69) is 4.98 Å². The van der Waals surface area contributed by atoms with Crippen molar-refractivity contribution < 1.29 is 19.4 Å². The molecule has 0 fully saturated rings. The van der Waals surface area contributed by atoms with Crippen molar-refractivity contribution in [1.82, 2.24) is 4.98 Å². The van der Waals surface area contributed by atoms with Crippen LogP contribution in [0.4, 0.5) is 0 Å². The molecule has 0 saturated heterocycles. The van der Waals surface area contributed by atoms with Gasteiger partial charge < -0.3 is 19.6 Å². The minimum absolute atomic E-state index is 0.0774. The number of aryl methyl sites for hydroxylation is 1. The van der Waals surface area contributed by atoms with Crippen LogP contribution in [0.25, 0.3) is 0 Å². The highest BCUT2D eigenvalue weighted by atomic mass is 16.5. The largest absolute Gasteiger partial charge is 0.507 e. The molecule has 1 aromatic heterocycles. The number of hydrogen-bond acceptors (Lipinski definition) is 5. The molecule has 0 unspecified atom stereocenters. The third kappa shape index (κ3) is 4.65. The Labute approximate surface area is 152 Å². The van der Waals surface area contributed by atoms with E-state index in [0.29, 0.717) is 17.0 Å². The minimum Gasteiger partial charge on any atom is -0.507 e. The third-order valence-electron chi connectivity index (χ3n) is 3.87. The van der Waals surface area contributed by atoms with Crippen molar-refractivity contribution in [3.63, 3.8) is 0 Å². The number of H-pyrrole nitrogens is 1. The molecule has 0 aliphatic carbocycles. The second kappa shape index (κ2) is 8.56. The van der Waals surface area contributed by atoms with E-state index in [-0.39, 0.29) is 30.4 Å². The van der Waals surface area contributed by atoms with Crippen LogP contribution in [0, 0.1) is 6.92 Å². The Balaban J connectivity index is 2.60. The van der Waals surface area contributed by atoms with Gasteiger partial charge in [0.1, 0.15) is 11.5 Å². The van der Waals surface area contributed by atoms with E-state index in [1.807, 2.05) is 19.9 Å². The van der Waals surface area contributed by atoms with Crippen molar-refractivity contribution in [2.24, 2.45) is 0 Å². The number of ether oxygens (including phenoxy) is 2. The molecule has 0 radical (unpaired) electrons. The minimum atomic E-state index is -0.687. The van der Waals surface area contributed by atoms with Crippen molar-refractivity contribution in [2.75, 3.05) is 6.61 Å². The van der Waals surface area contributed by atoms with E-state index in [0.717, 1.165) is 0 Å². The lowest BCUT2D eigenvalue weighted by Crippen LogP contribution is -2.22. The van der Waals surface area contributed by atoms with Crippen LogP contribution in [0.2, 0.25) is 0 Å². The van der Waals surface area contributed by atoms with Gasteiger partial charge in [0, 0.05) is 17.2 Å². The van der Waals surface area contributed by atoms with E-state index >= 15 is 0 Å². The van der Waals surface area contributed by atoms with E-state index in [1.165, 1.54) is 6.07 Å². The molecule has 26 heavy (non-hydrogen) atoms. The lowest BCUT2D eigenvalue weighted by molar-refractivity contribution is -0.143. The molecule has 6 heteroatoms. The Morgan fingerprint density at radius 3 is 2.58 bits per heavy atom. The fourth-order valence-corrected chi connectivity index (χ4v) is 2.90. The van der Waals surface area contributed by atoms with E-state index in [1.54, 1.807) is 32.0 Å². The zero-order valence-corrected chi connectivity index (χ0v) is 15.5. The molecule has 0 aliphatic heterocycles. The topological polar surface area (TPSA) is 88.6 Å². The number of aromatic nitrogens is 1. The number of rotatable bonds is 7. The van der Waals surface area contributed by atoms with Crippen molar-refractivity contribution in [2.45, 2.75) is 46.1 Å². The van der Waals surface area contributed by atoms with Gasteiger partial charge in [0.15, 0.2) is 0 Å². The fourth-order valence-electron chi connectivity index (χ4n) is 2.90. The molecule has 6 nitrogen and oxygen atoms in total. The summed E-state index contributed by atoms with van der Waals surface area (Å²) in [5, 5.41) is 10.4. The van der Waals surface area contributed by atoms with Crippen molar-refractivity contribution in [1.29, 1.82) is 0 Å². The van der Waals surface area contributed by atoms with Crippen LogP contribution in [0.15, 0.2) is 35.1 Å². The Kier molecular flexibility index (Phi) is 6.44. The molecular formula is C20H25NO5. The summed E-state index contributed by atoms with van der Waals surface area (Å²) in [6.45, 7) is 7.44. The van der Waals surface area contributed by atoms with E-state index in [4.69, 9.17) is 9.47 Å². The number of carbonyl (C=O) groups excluding carboxylic acids is 1. The molecular weight excluding hydrogens is 334 g/mol. The molecule has 2 rings (SSSR count). The highest BCUT2D eigenvalue weighted by molar-refractivity contribution is 5.72. The standard InChI is InChI=1S/C20H25NO5/c1-5-25-18(23)11-15(19-16(22)10-13(4)21-20(19)24)14-8-6-7-9-17(14)26-12(2)3/h6-10,12,15H,5,11H2,1-4H3,(H2,21,22,24)/t15-/m1/s1. The number of pyridine rings is 1. The maximum atomic E-state index is 12.5. The molecule has 0 bridgehead atoms. The number of carbonyl (C=O) groups is 1. The first-order valence-electron chi connectivity index (χ1n) is 8.67. The van der Waals surface area contributed by atoms with Gasteiger partial charge in [0.05, 0.1) is 24.7 Å². The Morgan fingerprint density at radius 2 is 1.96 bits per heavy atom. The van der Waals surface area contributed by atoms with Crippen LogP contribution < -0.4 is 10.3 Å². The first-order chi connectivity index (χ1) is 12.3. The molecule has 1 atom stereocenters. The zero-order chi connectivity index (χ0) is 19.3. The van der Waals surface area contributed by atoms with Gasteiger partial charge in [-0.25, -0.2) is 0 Å². The molecule has 0 amide bonds. The lowest BCUT2D eigenvalue weighted by atomic mass is 9.87. The van der Waals surface area contributed by atoms with Gasteiger partial charge in [-0.05, 0) is 39.8 Å². The predicted molar refractivity (Wildman–Crippen MR) is 98.8 cm³/mol. The van der Waals surface area contributed by atoms with Crippen molar-refractivity contribution in [3.05, 3.63) is 57.5 Å². The SMILES string of the molecule is CCOC(=O)C[C@H](c1ccccc1OC(C)C)c1c(O)cc(C)[nH]c1=O. The monoisotopic (exact) mass is 359 g/mol. The average molecular weight is 359 g/mol. The molecule has 2 N–H and O–H groups in total. The number of para-hydroxylation sites is 1. The number of aromatic amines is 1. The first kappa shape index (κ1) is 19.6. The summed E-state index contributed by atoms with van der Waals surface area (Å²) < 4.78 is 10.9. The van der Waals surface area contributed by atoms with Crippen LogP contribution in [0.3, 0.4) is 0 Å². The maximum Gasteiger partial charge on any atom is 0.306 e. The van der Waals surface area contributed by atoms with Gasteiger partial charge in [-0.3, -0.25) is 9.59 Å². The van der Waals surface area contributed by atoms with E-state index in [9.17, 15) is 14.7 Å². The first-order valence-corrected chi connectivity index (χ1v) is 8.67. The fraction of sp³-hybridized carbons (Fsp3) is 0.400. The van der Waals surface area contributed by atoms with Crippen LogP contribution in [0.1, 0.15) is 49.9 Å². The maximum absolute atomic E-state index is 12.5. The molecule has 140 valence electrons. The Hall–Kier alpha value is -2.76. The number of benzene rings is 1. The summed E-state index contributed by atoms with van der Waals surface area (Å²) in [7, 11) is 0. The number of hydrogen-bond donors (Lipinski definition) is 2. The van der Waals surface area contributed by atoms with Crippen LogP contribution in [-0.4, -0.2) is 28.8 Å². The smallest absolute Gasteiger partial charge is 0.306 e. The average Bonchev–Trinajstić information content (AvgIpc) is 2.53. The van der Waals surface area contributed by atoms with Gasteiger partial charge in [0.25, 0.3) is 5.56 Å². The Bertz CT molecular complexity index is 825. The molecule has 1 heterocycles. The molecule has 0 aliphatic rings. The number of aromatic hydroxyl groups is 1. The molecule has 2 aromatic rings. The Morgan fingerprint density at radius 1 is 1.27 bits per heavy atom. The van der Waals surface area contributed by atoms with Crippen molar-refractivity contribution in [3.8, 4) is 11.5 Å². The van der Waals surface area contributed by atoms with Crippen LogP contribution >= 0.6 is 0 Å². The number of esters is 1. The summed E-state index contributed by atoms with van der Waals surface area (Å²) in [6.07, 6.45) is -0.157. The second-order valence-electron chi connectivity index (χ2n) is 6.35. The second-order valence-corrected chi connectivity index (χ2v) is 6.35. The van der Waals surface area contributed by atoms with Gasteiger partial charge in [-0.2, -0.15) is 0 Å². The van der Waals surface area contributed by atoms with Gasteiger partial charge >= 0.3 is 5.97 Å². The summed E-state index contributed by atoms with van der Waals surface area (Å²) >= 11 is 0.